The number of likely N-dealkylation sites (tertiary alicyclic amines) is 5. The highest BCUT2D eigenvalue weighted by molar-refractivity contribution is 5.82. The molecule has 5 fully saturated rings. The predicted octanol–water partition coefficient (Wildman–Crippen LogP) is 7.35. The maximum Gasteiger partial charge on any atom is 0.0933 e. The molecule has 0 saturated carbocycles. The number of rotatable bonds is 5. The van der Waals surface area contributed by atoms with Crippen molar-refractivity contribution in [3.05, 3.63) is 148 Å². The van der Waals surface area contributed by atoms with Gasteiger partial charge in [-0.2, -0.15) is 0 Å². The Hall–Kier alpha value is -5.10. The molecule has 0 spiro atoms. The van der Waals surface area contributed by atoms with Gasteiger partial charge in [-0.3, -0.25) is 24.5 Å². The highest BCUT2D eigenvalue weighted by Gasteiger charge is 2.73. The van der Waals surface area contributed by atoms with Crippen molar-refractivity contribution < 1.29 is 0 Å². The second kappa shape index (κ2) is 12.9. The Kier molecular flexibility index (Phi) is 7.62. The lowest BCUT2D eigenvalue weighted by Crippen LogP contribution is -2.60. The van der Waals surface area contributed by atoms with Gasteiger partial charge in [0.05, 0.1) is 41.7 Å². The average Bonchev–Trinajstić information content (AvgIpc) is 4.22. The molecule has 15 rings (SSSR count). The molecule has 0 bridgehead atoms. The number of para-hydroxylation sites is 5. The minimum absolute atomic E-state index is 0.0323. The lowest BCUT2D eigenvalue weighted by molar-refractivity contribution is 0.147. The average molecular weight is 877 g/mol. The molecule has 10 heterocycles. The minimum atomic E-state index is -0.194. The summed E-state index contributed by atoms with van der Waals surface area (Å²) < 4.78 is 0. The van der Waals surface area contributed by atoms with Gasteiger partial charge in [-0.05, 0) is 130 Å². The summed E-state index contributed by atoms with van der Waals surface area (Å²) in [6.07, 6.45) is 7.66. The quantitative estimate of drug-likeness (QED) is 0.124. The van der Waals surface area contributed by atoms with Crippen molar-refractivity contribution in [2.75, 3.05) is 94.5 Å². The SMILES string of the molecule is CN1CC[C@]2(Cc3cccc4c3N[C@@H]3N(C)CC[C@]43c3cccc4c3N[C@H]3N(C)CC[C@@]43[C@]34CCN(C)[C@H]3Nc3c([C@]56CCN(C)[C@H]5Nc5ccccc56)cccc34)c3ccccc3N[C@H]12. The molecular formula is C56H64N10. The Morgan fingerprint density at radius 1 is 0.379 bits per heavy atom. The molecule has 0 aromatic heterocycles. The molecule has 10 atom stereocenters. The van der Waals surface area contributed by atoms with Crippen LogP contribution in [0, 0.1) is 0 Å². The van der Waals surface area contributed by atoms with Crippen LogP contribution in [0.5, 0.6) is 0 Å². The third-order valence-electron chi connectivity index (χ3n) is 20.2. The summed E-state index contributed by atoms with van der Waals surface area (Å²) in [5, 5.41) is 21.1. The van der Waals surface area contributed by atoms with Crippen molar-refractivity contribution >= 4 is 28.4 Å². The zero-order valence-electron chi connectivity index (χ0n) is 39.2. The highest BCUT2D eigenvalue weighted by Crippen LogP contribution is 2.69. The Balaban J connectivity index is 0.897. The van der Waals surface area contributed by atoms with Crippen LogP contribution in [-0.2, 0) is 33.5 Å². The van der Waals surface area contributed by atoms with Gasteiger partial charge in [0.2, 0.25) is 0 Å². The number of benzene rings is 5. The lowest BCUT2D eigenvalue weighted by atomic mass is 9.54. The summed E-state index contributed by atoms with van der Waals surface area (Å²) in [4.78, 5) is 13.0. The Bertz CT molecular complexity index is 2900. The third kappa shape index (κ3) is 4.28. The summed E-state index contributed by atoms with van der Waals surface area (Å²) in [6, 6.07) is 40.5. The number of likely N-dealkylation sites (N-methyl/N-ethyl adjacent to an activating group) is 5. The largest absolute Gasteiger partial charge is 0.369 e. The topological polar surface area (TPSA) is 76.4 Å². The van der Waals surface area contributed by atoms with Gasteiger partial charge < -0.3 is 26.6 Å². The van der Waals surface area contributed by atoms with Crippen molar-refractivity contribution in [1.82, 2.24) is 24.5 Å². The number of fused-ring (bicyclic) bond motifs is 16. The fourth-order valence-electron chi connectivity index (χ4n) is 17.5. The van der Waals surface area contributed by atoms with Crippen LogP contribution in [0.3, 0.4) is 0 Å². The van der Waals surface area contributed by atoms with Gasteiger partial charge in [0.15, 0.2) is 0 Å². The van der Waals surface area contributed by atoms with Gasteiger partial charge in [-0.25, -0.2) is 0 Å². The molecule has 0 aliphatic carbocycles. The van der Waals surface area contributed by atoms with Crippen molar-refractivity contribution in [3.63, 3.8) is 0 Å². The van der Waals surface area contributed by atoms with E-state index in [-0.39, 0.29) is 51.7 Å². The van der Waals surface area contributed by atoms with Crippen LogP contribution in [0.4, 0.5) is 28.4 Å². The van der Waals surface area contributed by atoms with E-state index in [2.05, 4.69) is 189 Å². The molecule has 5 aromatic rings. The van der Waals surface area contributed by atoms with E-state index in [4.69, 9.17) is 0 Å². The molecule has 0 radical (unpaired) electrons. The lowest BCUT2D eigenvalue weighted by Gasteiger charge is -2.48. The van der Waals surface area contributed by atoms with Gasteiger partial charge in [0.1, 0.15) is 0 Å². The Labute approximate surface area is 390 Å². The Morgan fingerprint density at radius 2 is 0.788 bits per heavy atom. The first-order valence-electron chi connectivity index (χ1n) is 25.1. The number of hydrogen-bond donors (Lipinski definition) is 5. The van der Waals surface area contributed by atoms with E-state index >= 15 is 0 Å². The molecule has 338 valence electrons. The number of anilines is 5. The van der Waals surface area contributed by atoms with Crippen LogP contribution in [0.1, 0.15) is 76.6 Å². The fraction of sp³-hybridized carbons (Fsp3) is 0.464. The zero-order valence-corrected chi connectivity index (χ0v) is 39.2. The summed E-state index contributed by atoms with van der Waals surface area (Å²) >= 11 is 0. The summed E-state index contributed by atoms with van der Waals surface area (Å²) in [5.74, 6) is 0. The summed E-state index contributed by atoms with van der Waals surface area (Å²) in [7, 11) is 11.7. The molecule has 0 amide bonds. The standard InChI is InChI=1S/C56H64N10/c1-62-28-23-52(35-14-6-8-21-42(35)57-47(52)62)33-34-13-10-16-37-44(34)59-49-54(37,25-30-64(49)3)39-18-12-20-41-46(39)61-51-56(41,27-32-66(51)5)55-26-31-65(4)50(55)60-45-38(17-11-19-40(45)55)53-24-29-63(2)48(53)58-43-22-9-7-15-36(43)53/h6-22,47-51,57-61H,23-33H2,1-5H3/t47-,48-,49-,50-,51+,52+,53-,54-,55+,56-/m1/s1. The normalized spacial score (nSPS) is 37.7. The molecule has 10 heteroatoms. The van der Waals surface area contributed by atoms with Crippen molar-refractivity contribution in [1.29, 1.82) is 0 Å². The van der Waals surface area contributed by atoms with E-state index in [1.807, 2.05) is 0 Å². The van der Waals surface area contributed by atoms with E-state index in [1.165, 1.54) is 72.9 Å². The van der Waals surface area contributed by atoms with Crippen molar-refractivity contribution in [2.24, 2.45) is 0 Å². The first-order chi connectivity index (χ1) is 32.2. The molecule has 10 nitrogen and oxygen atoms in total. The van der Waals surface area contributed by atoms with Gasteiger partial charge in [0, 0.05) is 77.4 Å². The Morgan fingerprint density at radius 3 is 1.42 bits per heavy atom. The second-order valence-corrected chi connectivity index (χ2v) is 22.5. The third-order valence-corrected chi connectivity index (χ3v) is 20.2. The van der Waals surface area contributed by atoms with Crippen LogP contribution in [0.15, 0.2) is 103 Å². The van der Waals surface area contributed by atoms with Gasteiger partial charge >= 0.3 is 0 Å². The van der Waals surface area contributed by atoms with Crippen LogP contribution >= 0.6 is 0 Å². The monoisotopic (exact) mass is 877 g/mol. The van der Waals surface area contributed by atoms with Crippen LogP contribution in [0.25, 0.3) is 0 Å². The highest BCUT2D eigenvalue weighted by atomic mass is 15.4. The molecule has 5 saturated heterocycles. The summed E-state index contributed by atoms with van der Waals surface area (Å²) in [5.41, 5.74) is 18.1. The minimum Gasteiger partial charge on any atom is -0.369 e. The molecule has 5 N–H and O–H groups in total. The number of hydrogen-bond acceptors (Lipinski definition) is 10. The maximum atomic E-state index is 4.46. The van der Waals surface area contributed by atoms with E-state index in [0.717, 1.165) is 71.2 Å². The predicted molar refractivity (Wildman–Crippen MR) is 266 cm³/mol. The molecular weight excluding hydrogens is 813 g/mol. The molecule has 10 aliphatic heterocycles. The smallest absolute Gasteiger partial charge is 0.0933 e. The van der Waals surface area contributed by atoms with E-state index in [0.29, 0.717) is 6.17 Å². The van der Waals surface area contributed by atoms with Crippen LogP contribution in [-0.4, -0.2) is 123 Å². The first-order valence-corrected chi connectivity index (χ1v) is 25.1. The molecule has 0 unspecified atom stereocenters. The molecule has 66 heavy (non-hydrogen) atoms. The van der Waals surface area contributed by atoms with Crippen LogP contribution < -0.4 is 26.6 Å². The van der Waals surface area contributed by atoms with E-state index in [9.17, 15) is 0 Å². The van der Waals surface area contributed by atoms with Crippen LogP contribution in [0.2, 0.25) is 0 Å². The van der Waals surface area contributed by atoms with E-state index < -0.39 is 0 Å². The molecule has 10 aliphatic rings. The fourth-order valence-corrected chi connectivity index (χ4v) is 17.5. The molecule has 5 aromatic carbocycles. The zero-order chi connectivity index (χ0) is 44.1. The number of nitrogens with one attached hydrogen (secondary N) is 5. The summed E-state index contributed by atoms with van der Waals surface area (Å²) in [6.45, 7) is 5.38. The van der Waals surface area contributed by atoms with Crippen molar-refractivity contribution in [2.45, 2.75) is 96.4 Å². The first kappa shape index (κ1) is 38.9. The van der Waals surface area contributed by atoms with Crippen molar-refractivity contribution in [3.8, 4) is 0 Å². The number of nitrogens with zero attached hydrogens (tertiary/aromatic N) is 5. The van der Waals surface area contributed by atoms with E-state index in [1.54, 1.807) is 0 Å². The second-order valence-electron chi connectivity index (χ2n) is 22.5. The maximum absolute atomic E-state index is 4.46. The van der Waals surface area contributed by atoms with Gasteiger partial charge in [-0.15, -0.1) is 0 Å². The van der Waals surface area contributed by atoms with Gasteiger partial charge in [0.25, 0.3) is 0 Å². The van der Waals surface area contributed by atoms with Gasteiger partial charge in [-0.1, -0.05) is 91.0 Å².